The lowest BCUT2D eigenvalue weighted by Gasteiger charge is -2.12. The quantitative estimate of drug-likeness (QED) is 0.727. The number of hydrogen-bond donors (Lipinski definition) is 1. The van der Waals surface area contributed by atoms with E-state index in [1.165, 1.54) is 0 Å². The summed E-state index contributed by atoms with van der Waals surface area (Å²) in [6, 6.07) is 0. The van der Waals surface area contributed by atoms with Crippen LogP contribution in [0.25, 0.3) is 0 Å². The molecule has 0 spiro atoms. The maximum atomic E-state index is 9.13. The maximum Gasteiger partial charge on any atom is 0.0679 e. The van der Waals surface area contributed by atoms with E-state index in [1.54, 1.807) is 0 Å². The van der Waals surface area contributed by atoms with Crippen molar-refractivity contribution in [2.45, 2.75) is 12.5 Å². The van der Waals surface area contributed by atoms with E-state index < -0.39 is 0 Å². The van der Waals surface area contributed by atoms with Crippen LogP contribution < -0.4 is 0 Å². The summed E-state index contributed by atoms with van der Waals surface area (Å²) in [6.07, 6.45) is 0.784. The Morgan fingerprint density at radius 2 is 2.50 bits per heavy atom. The lowest BCUT2D eigenvalue weighted by molar-refractivity contribution is 0.179. The van der Waals surface area contributed by atoms with Crippen molar-refractivity contribution in [3.05, 3.63) is 11.1 Å². The summed E-state index contributed by atoms with van der Waals surface area (Å²) in [5.74, 6) is 0. The Morgan fingerprint density at radius 3 is 2.90 bits per heavy atom. The van der Waals surface area contributed by atoms with Crippen LogP contribution in [0.4, 0.5) is 0 Å². The molecule has 0 saturated carbocycles. The van der Waals surface area contributed by atoms with Crippen LogP contribution in [-0.2, 0) is 0 Å². The van der Waals surface area contributed by atoms with Crippen molar-refractivity contribution in [3.8, 4) is 0 Å². The molecular formula is C7H12BrNO. The van der Waals surface area contributed by atoms with Gasteiger partial charge in [-0.05, 0) is 6.42 Å². The molecule has 0 radical (unpaired) electrons. The molecule has 1 aliphatic rings. The molecule has 1 fully saturated rings. The Kier molecular flexibility index (Phi) is 2.89. The van der Waals surface area contributed by atoms with Gasteiger partial charge in [0.2, 0.25) is 0 Å². The third-order valence-corrected chi connectivity index (χ3v) is 1.89. The molecule has 0 aliphatic carbocycles. The third kappa shape index (κ3) is 2.40. The highest BCUT2D eigenvalue weighted by Crippen LogP contribution is 2.12. The van der Waals surface area contributed by atoms with Gasteiger partial charge in [-0.25, -0.2) is 0 Å². The fourth-order valence-corrected chi connectivity index (χ4v) is 1.55. The highest BCUT2D eigenvalue weighted by atomic mass is 79.9. The number of nitrogens with zero attached hydrogens (tertiary/aromatic N) is 1. The maximum absolute atomic E-state index is 9.13. The predicted molar refractivity (Wildman–Crippen MR) is 45.1 cm³/mol. The van der Waals surface area contributed by atoms with E-state index in [2.05, 4.69) is 27.4 Å². The molecule has 1 heterocycles. The van der Waals surface area contributed by atoms with Crippen LogP contribution in [0.3, 0.4) is 0 Å². The molecule has 10 heavy (non-hydrogen) atoms. The Labute approximate surface area is 69.7 Å². The van der Waals surface area contributed by atoms with Crippen LogP contribution in [0.5, 0.6) is 0 Å². The first-order valence-corrected chi connectivity index (χ1v) is 4.21. The standard InChI is InChI=1S/C7H12BrNO/c1-6(8)4-9-3-2-7(10)5-9/h7,10H,1-5H2/t7-/m0/s1. The van der Waals surface area contributed by atoms with Crippen molar-refractivity contribution in [2.24, 2.45) is 0 Å². The molecule has 0 aromatic rings. The zero-order valence-electron chi connectivity index (χ0n) is 5.89. The van der Waals surface area contributed by atoms with E-state index in [0.717, 1.165) is 30.5 Å². The lowest BCUT2D eigenvalue weighted by atomic mass is 10.3. The molecule has 1 aliphatic heterocycles. The van der Waals surface area contributed by atoms with Crippen LogP contribution in [0, 0.1) is 0 Å². The van der Waals surface area contributed by atoms with Gasteiger partial charge >= 0.3 is 0 Å². The normalized spacial score (nSPS) is 27.2. The molecule has 1 atom stereocenters. The zero-order chi connectivity index (χ0) is 7.56. The summed E-state index contributed by atoms with van der Waals surface area (Å²) in [6.45, 7) is 6.38. The minimum absolute atomic E-state index is 0.119. The van der Waals surface area contributed by atoms with Crippen molar-refractivity contribution < 1.29 is 5.11 Å². The first-order chi connectivity index (χ1) is 4.68. The molecule has 0 aromatic heterocycles. The van der Waals surface area contributed by atoms with Gasteiger partial charge in [0, 0.05) is 24.1 Å². The predicted octanol–water partition coefficient (Wildman–Crippen LogP) is 0.962. The summed E-state index contributed by atoms with van der Waals surface area (Å²) in [5.41, 5.74) is 0. The van der Waals surface area contributed by atoms with Crippen LogP contribution in [-0.4, -0.2) is 35.7 Å². The molecule has 1 saturated heterocycles. The fourth-order valence-electron chi connectivity index (χ4n) is 1.20. The average molecular weight is 206 g/mol. The number of hydrogen-bond acceptors (Lipinski definition) is 2. The van der Waals surface area contributed by atoms with Gasteiger partial charge < -0.3 is 5.11 Å². The summed E-state index contributed by atoms with van der Waals surface area (Å²) < 4.78 is 0.988. The second-order valence-corrected chi connectivity index (χ2v) is 3.82. The third-order valence-electron chi connectivity index (χ3n) is 1.64. The molecule has 0 aromatic carbocycles. The second kappa shape index (κ2) is 3.51. The number of aliphatic hydroxyl groups excluding tert-OH is 1. The second-order valence-electron chi connectivity index (χ2n) is 2.69. The lowest BCUT2D eigenvalue weighted by Crippen LogP contribution is -2.22. The molecule has 2 nitrogen and oxygen atoms in total. The van der Waals surface area contributed by atoms with E-state index in [4.69, 9.17) is 5.11 Å². The van der Waals surface area contributed by atoms with Crippen LogP contribution in [0.2, 0.25) is 0 Å². The number of rotatable bonds is 2. The van der Waals surface area contributed by atoms with E-state index >= 15 is 0 Å². The molecule has 1 rings (SSSR count). The van der Waals surface area contributed by atoms with Gasteiger partial charge in [0.25, 0.3) is 0 Å². The summed E-state index contributed by atoms with van der Waals surface area (Å²) in [5, 5.41) is 9.13. The topological polar surface area (TPSA) is 23.5 Å². The van der Waals surface area contributed by atoms with Crippen molar-refractivity contribution in [1.82, 2.24) is 4.90 Å². The first kappa shape index (κ1) is 8.24. The van der Waals surface area contributed by atoms with Crippen molar-refractivity contribution >= 4 is 15.9 Å². The molecule has 0 amide bonds. The molecule has 1 N–H and O–H groups in total. The van der Waals surface area contributed by atoms with Gasteiger partial charge in [-0.15, -0.1) is 0 Å². The van der Waals surface area contributed by atoms with Gasteiger partial charge in [0.1, 0.15) is 0 Å². The van der Waals surface area contributed by atoms with Gasteiger partial charge in [-0.3, -0.25) is 4.90 Å². The van der Waals surface area contributed by atoms with E-state index in [9.17, 15) is 0 Å². The van der Waals surface area contributed by atoms with Crippen LogP contribution in [0.1, 0.15) is 6.42 Å². The highest BCUT2D eigenvalue weighted by Gasteiger charge is 2.19. The van der Waals surface area contributed by atoms with Gasteiger partial charge in [0.15, 0.2) is 0 Å². The van der Waals surface area contributed by atoms with E-state index in [0.29, 0.717) is 0 Å². The minimum Gasteiger partial charge on any atom is -0.392 e. The Morgan fingerprint density at radius 1 is 1.80 bits per heavy atom. The summed E-state index contributed by atoms with van der Waals surface area (Å²) in [7, 11) is 0. The number of β-amino-alcohol motifs (C(OH)–C–C–N with tert-alkyl or cyclic N) is 1. The molecule has 3 heteroatoms. The number of aliphatic hydroxyl groups is 1. The SMILES string of the molecule is C=C(Br)CN1CC[C@H](O)C1. The van der Waals surface area contributed by atoms with E-state index in [-0.39, 0.29) is 6.10 Å². The van der Waals surface area contributed by atoms with Gasteiger partial charge in [-0.1, -0.05) is 22.5 Å². The highest BCUT2D eigenvalue weighted by molar-refractivity contribution is 9.11. The minimum atomic E-state index is -0.119. The first-order valence-electron chi connectivity index (χ1n) is 3.42. The molecular weight excluding hydrogens is 194 g/mol. The van der Waals surface area contributed by atoms with Crippen LogP contribution in [0.15, 0.2) is 11.1 Å². The molecule has 0 unspecified atom stereocenters. The van der Waals surface area contributed by atoms with Gasteiger partial charge in [-0.2, -0.15) is 0 Å². The van der Waals surface area contributed by atoms with E-state index in [1.807, 2.05) is 0 Å². The number of likely N-dealkylation sites (tertiary alicyclic amines) is 1. The average Bonchev–Trinajstić information content (AvgIpc) is 2.13. The van der Waals surface area contributed by atoms with Crippen molar-refractivity contribution in [3.63, 3.8) is 0 Å². The van der Waals surface area contributed by atoms with Crippen molar-refractivity contribution in [1.29, 1.82) is 0 Å². The largest absolute Gasteiger partial charge is 0.392 e. The van der Waals surface area contributed by atoms with Crippen LogP contribution >= 0.6 is 15.9 Å². The fraction of sp³-hybridized carbons (Fsp3) is 0.714. The van der Waals surface area contributed by atoms with Gasteiger partial charge in [0.05, 0.1) is 6.10 Å². The summed E-state index contributed by atoms with van der Waals surface area (Å²) in [4.78, 5) is 2.18. The Hall–Kier alpha value is 0.140. The van der Waals surface area contributed by atoms with Crippen molar-refractivity contribution in [2.75, 3.05) is 19.6 Å². The summed E-state index contributed by atoms with van der Waals surface area (Å²) >= 11 is 3.29. The molecule has 0 bridgehead atoms. The smallest absolute Gasteiger partial charge is 0.0679 e. The Bertz CT molecular complexity index is 138. The monoisotopic (exact) mass is 205 g/mol. The zero-order valence-corrected chi connectivity index (χ0v) is 7.47. The molecule has 58 valence electrons. The Balaban J connectivity index is 2.24. The number of halogens is 1.